The second-order valence-electron chi connectivity index (χ2n) is 7.32. The van der Waals surface area contributed by atoms with Gasteiger partial charge in [-0.2, -0.15) is 4.31 Å². The van der Waals surface area contributed by atoms with E-state index >= 15 is 0 Å². The van der Waals surface area contributed by atoms with E-state index in [2.05, 4.69) is 31.3 Å². The second kappa shape index (κ2) is 8.88. The van der Waals surface area contributed by atoms with Gasteiger partial charge in [0, 0.05) is 19.0 Å². The highest BCUT2D eigenvalue weighted by atomic mass is 32.2. The van der Waals surface area contributed by atoms with E-state index in [9.17, 15) is 13.2 Å². The number of nitrogens with zero attached hydrogens (tertiary/aromatic N) is 1. The molecule has 1 fully saturated rings. The summed E-state index contributed by atoms with van der Waals surface area (Å²) in [5.41, 5.74) is 2.31. The standard InChI is InChI=1S/C22H28N2O3S/c1-3-21(20-12-8-7-9-17(20)2)23-22(25)18-13-15-24(16-14-18)28(26,27)19-10-5-4-6-11-19/h4-12,18,21H,3,13-16H2,1-2H3,(H,23,25)/t21-/m1/s1. The number of hydrogen-bond acceptors (Lipinski definition) is 3. The molecule has 150 valence electrons. The van der Waals surface area contributed by atoms with E-state index in [1.54, 1.807) is 30.3 Å². The number of rotatable bonds is 6. The molecular weight excluding hydrogens is 372 g/mol. The van der Waals surface area contributed by atoms with Gasteiger partial charge in [-0.15, -0.1) is 0 Å². The Morgan fingerprint density at radius 3 is 2.29 bits per heavy atom. The molecule has 28 heavy (non-hydrogen) atoms. The SMILES string of the molecule is CC[C@@H](NC(=O)C1CCN(S(=O)(=O)c2ccccc2)CC1)c1ccccc1C. The van der Waals surface area contributed by atoms with Gasteiger partial charge in [-0.3, -0.25) is 4.79 Å². The van der Waals surface area contributed by atoms with Crippen LogP contribution in [-0.4, -0.2) is 31.7 Å². The lowest BCUT2D eigenvalue weighted by Gasteiger charge is -2.31. The van der Waals surface area contributed by atoms with Gasteiger partial charge in [0.2, 0.25) is 15.9 Å². The Hall–Kier alpha value is -2.18. The summed E-state index contributed by atoms with van der Waals surface area (Å²) < 4.78 is 27.0. The molecule has 3 rings (SSSR count). The third-order valence-electron chi connectivity index (χ3n) is 5.49. The lowest BCUT2D eigenvalue weighted by Crippen LogP contribution is -2.43. The van der Waals surface area contributed by atoms with Crippen molar-refractivity contribution in [2.45, 2.75) is 44.0 Å². The molecule has 0 unspecified atom stereocenters. The van der Waals surface area contributed by atoms with Crippen molar-refractivity contribution >= 4 is 15.9 Å². The third kappa shape index (κ3) is 4.45. The average Bonchev–Trinajstić information content (AvgIpc) is 2.73. The Balaban J connectivity index is 1.61. The maximum absolute atomic E-state index is 12.8. The fourth-order valence-electron chi connectivity index (χ4n) is 3.77. The number of amides is 1. The molecule has 2 aromatic carbocycles. The maximum Gasteiger partial charge on any atom is 0.243 e. The summed E-state index contributed by atoms with van der Waals surface area (Å²) in [4.78, 5) is 13.1. The fourth-order valence-corrected chi connectivity index (χ4v) is 5.26. The number of carbonyl (C=O) groups is 1. The summed E-state index contributed by atoms with van der Waals surface area (Å²) in [6.07, 6.45) is 1.90. The predicted octanol–water partition coefficient (Wildman–Crippen LogP) is 3.66. The normalized spacial score (nSPS) is 17.2. The van der Waals surface area contributed by atoms with Crippen molar-refractivity contribution in [1.82, 2.24) is 9.62 Å². The number of nitrogens with one attached hydrogen (secondary N) is 1. The summed E-state index contributed by atoms with van der Waals surface area (Å²) in [5, 5.41) is 3.17. The van der Waals surface area contributed by atoms with Crippen LogP contribution in [0.15, 0.2) is 59.5 Å². The molecule has 1 atom stereocenters. The van der Waals surface area contributed by atoms with Crippen LogP contribution in [0.4, 0.5) is 0 Å². The zero-order valence-electron chi connectivity index (χ0n) is 16.5. The molecule has 0 aromatic heterocycles. The third-order valence-corrected chi connectivity index (χ3v) is 7.41. The molecule has 1 N–H and O–H groups in total. The minimum Gasteiger partial charge on any atom is -0.349 e. The number of hydrogen-bond donors (Lipinski definition) is 1. The maximum atomic E-state index is 12.8. The van der Waals surface area contributed by atoms with Crippen LogP contribution in [0.25, 0.3) is 0 Å². The van der Waals surface area contributed by atoms with Crippen LogP contribution in [0.1, 0.15) is 43.4 Å². The number of sulfonamides is 1. The summed E-state index contributed by atoms with van der Waals surface area (Å²) in [6, 6.07) is 16.6. The zero-order chi connectivity index (χ0) is 20.1. The molecule has 1 heterocycles. The first kappa shape index (κ1) is 20.6. The van der Waals surface area contributed by atoms with Crippen LogP contribution in [0.5, 0.6) is 0 Å². The van der Waals surface area contributed by atoms with E-state index < -0.39 is 10.0 Å². The fraction of sp³-hybridized carbons (Fsp3) is 0.409. The summed E-state index contributed by atoms with van der Waals surface area (Å²) in [6.45, 7) is 4.86. The van der Waals surface area contributed by atoms with Crippen molar-refractivity contribution in [1.29, 1.82) is 0 Å². The van der Waals surface area contributed by atoms with Gasteiger partial charge >= 0.3 is 0 Å². The minimum atomic E-state index is -3.49. The van der Waals surface area contributed by atoms with Gasteiger partial charge < -0.3 is 5.32 Å². The molecule has 2 aromatic rings. The first-order valence-electron chi connectivity index (χ1n) is 9.84. The quantitative estimate of drug-likeness (QED) is 0.805. The Morgan fingerprint density at radius 1 is 1.07 bits per heavy atom. The highest BCUT2D eigenvalue weighted by Crippen LogP contribution is 2.26. The van der Waals surface area contributed by atoms with Crippen molar-refractivity contribution < 1.29 is 13.2 Å². The van der Waals surface area contributed by atoms with Crippen LogP contribution >= 0.6 is 0 Å². The molecule has 0 saturated carbocycles. The predicted molar refractivity (Wildman–Crippen MR) is 110 cm³/mol. The van der Waals surface area contributed by atoms with E-state index in [0.29, 0.717) is 30.8 Å². The van der Waals surface area contributed by atoms with Gasteiger partial charge in [-0.1, -0.05) is 49.4 Å². The lowest BCUT2D eigenvalue weighted by atomic mass is 9.94. The first-order valence-corrected chi connectivity index (χ1v) is 11.3. The Bertz CT molecular complexity index is 904. The molecular formula is C22H28N2O3S. The van der Waals surface area contributed by atoms with Gasteiger partial charge in [0.1, 0.15) is 0 Å². The van der Waals surface area contributed by atoms with Crippen LogP contribution in [0.2, 0.25) is 0 Å². The first-order chi connectivity index (χ1) is 13.4. The second-order valence-corrected chi connectivity index (χ2v) is 9.26. The zero-order valence-corrected chi connectivity index (χ0v) is 17.3. The van der Waals surface area contributed by atoms with Crippen molar-refractivity contribution in [2.75, 3.05) is 13.1 Å². The molecule has 6 heteroatoms. The van der Waals surface area contributed by atoms with Crippen LogP contribution in [-0.2, 0) is 14.8 Å². The molecule has 5 nitrogen and oxygen atoms in total. The summed E-state index contributed by atoms with van der Waals surface area (Å²) in [7, 11) is -3.49. The Morgan fingerprint density at radius 2 is 1.68 bits per heavy atom. The monoisotopic (exact) mass is 400 g/mol. The lowest BCUT2D eigenvalue weighted by molar-refractivity contribution is -0.126. The minimum absolute atomic E-state index is 0.0141. The Kier molecular flexibility index (Phi) is 6.52. The van der Waals surface area contributed by atoms with E-state index in [0.717, 1.165) is 12.0 Å². The molecule has 1 aliphatic rings. The van der Waals surface area contributed by atoms with Gasteiger partial charge in [0.15, 0.2) is 0 Å². The number of aryl methyl sites for hydroxylation is 1. The van der Waals surface area contributed by atoms with Crippen molar-refractivity contribution in [3.05, 3.63) is 65.7 Å². The van der Waals surface area contributed by atoms with Crippen molar-refractivity contribution in [3.63, 3.8) is 0 Å². The molecule has 1 amide bonds. The molecule has 0 radical (unpaired) electrons. The molecule has 0 spiro atoms. The van der Waals surface area contributed by atoms with E-state index in [4.69, 9.17) is 0 Å². The van der Waals surface area contributed by atoms with Crippen LogP contribution in [0, 0.1) is 12.8 Å². The smallest absolute Gasteiger partial charge is 0.243 e. The van der Waals surface area contributed by atoms with Gasteiger partial charge in [-0.25, -0.2) is 8.42 Å². The van der Waals surface area contributed by atoms with Gasteiger partial charge in [0.25, 0.3) is 0 Å². The Labute approximate surface area is 167 Å². The topological polar surface area (TPSA) is 66.5 Å². The summed E-state index contributed by atoms with van der Waals surface area (Å²) >= 11 is 0. The molecule has 0 bridgehead atoms. The highest BCUT2D eigenvalue weighted by molar-refractivity contribution is 7.89. The van der Waals surface area contributed by atoms with Crippen molar-refractivity contribution in [2.24, 2.45) is 5.92 Å². The highest BCUT2D eigenvalue weighted by Gasteiger charge is 2.32. The molecule has 0 aliphatic carbocycles. The largest absolute Gasteiger partial charge is 0.349 e. The molecule has 1 saturated heterocycles. The van der Waals surface area contributed by atoms with Gasteiger partial charge in [0.05, 0.1) is 10.9 Å². The van der Waals surface area contributed by atoms with E-state index in [1.165, 1.54) is 9.87 Å². The van der Waals surface area contributed by atoms with E-state index in [-0.39, 0.29) is 17.9 Å². The summed E-state index contributed by atoms with van der Waals surface area (Å²) in [5.74, 6) is -0.132. The average molecular weight is 401 g/mol. The van der Waals surface area contributed by atoms with Crippen molar-refractivity contribution in [3.8, 4) is 0 Å². The number of carbonyl (C=O) groups excluding carboxylic acids is 1. The number of benzene rings is 2. The molecule has 1 aliphatic heterocycles. The van der Waals surface area contributed by atoms with E-state index in [1.807, 2.05) is 12.1 Å². The van der Waals surface area contributed by atoms with Crippen LogP contribution < -0.4 is 5.32 Å². The number of piperidine rings is 1. The van der Waals surface area contributed by atoms with Crippen LogP contribution in [0.3, 0.4) is 0 Å². The van der Waals surface area contributed by atoms with Gasteiger partial charge in [-0.05, 0) is 49.4 Å².